The van der Waals surface area contributed by atoms with Crippen LogP contribution in [0.25, 0.3) is 10.9 Å². The van der Waals surface area contributed by atoms with Crippen LogP contribution in [0.3, 0.4) is 0 Å². The molecular weight excluding hydrogens is 284 g/mol. The van der Waals surface area contributed by atoms with E-state index >= 15 is 0 Å². The highest BCUT2D eigenvalue weighted by atomic mass is 16.2. The van der Waals surface area contributed by atoms with Gasteiger partial charge in [-0.05, 0) is 32.9 Å². The number of carbonyl (C=O) groups excluding carboxylic acids is 2. The summed E-state index contributed by atoms with van der Waals surface area (Å²) in [6.07, 6.45) is 1.30. The van der Waals surface area contributed by atoms with Crippen LogP contribution in [0.2, 0.25) is 0 Å². The highest BCUT2D eigenvalue weighted by molar-refractivity contribution is 5.94. The van der Waals surface area contributed by atoms with Crippen molar-refractivity contribution in [3.8, 4) is 0 Å². The van der Waals surface area contributed by atoms with Gasteiger partial charge in [0, 0.05) is 5.54 Å². The van der Waals surface area contributed by atoms with Crippen LogP contribution in [-0.2, 0) is 11.3 Å². The van der Waals surface area contributed by atoms with Gasteiger partial charge in [-0.25, -0.2) is 9.78 Å². The Morgan fingerprint density at radius 3 is 2.59 bits per heavy atom. The number of hydrogen-bond acceptors (Lipinski definition) is 4. The number of carbonyl (C=O) groups is 2. The molecule has 0 aliphatic heterocycles. The Morgan fingerprint density at radius 1 is 1.23 bits per heavy atom. The number of urea groups is 1. The molecule has 7 nitrogen and oxygen atoms in total. The van der Waals surface area contributed by atoms with Crippen molar-refractivity contribution in [1.82, 2.24) is 20.2 Å². The molecule has 0 aliphatic rings. The van der Waals surface area contributed by atoms with E-state index in [2.05, 4.69) is 15.6 Å². The van der Waals surface area contributed by atoms with Crippen LogP contribution in [0.5, 0.6) is 0 Å². The van der Waals surface area contributed by atoms with Gasteiger partial charge in [0.05, 0.1) is 17.2 Å². The average molecular weight is 302 g/mol. The lowest BCUT2D eigenvalue weighted by Gasteiger charge is -2.20. The number of benzene rings is 1. The second-order valence-corrected chi connectivity index (χ2v) is 5.95. The molecule has 1 aromatic carbocycles. The highest BCUT2D eigenvalue weighted by Crippen LogP contribution is 2.04. The van der Waals surface area contributed by atoms with E-state index in [1.807, 2.05) is 0 Å². The van der Waals surface area contributed by atoms with Crippen molar-refractivity contribution in [2.45, 2.75) is 32.9 Å². The van der Waals surface area contributed by atoms with E-state index in [-0.39, 0.29) is 12.1 Å². The Hall–Kier alpha value is -2.70. The molecule has 22 heavy (non-hydrogen) atoms. The van der Waals surface area contributed by atoms with Gasteiger partial charge in [-0.2, -0.15) is 0 Å². The number of amides is 3. The first-order valence-corrected chi connectivity index (χ1v) is 6.82. The first-order valence-electron chi connectivity index (χ1n) is 6.82. The standard InChI is InChI=1S/C15H18N4O3/c1-15(2,3)18-14(22)17-12(20)8-19-9-16-11-7-5-4-6-10(11)13(19)21/h4-7,9H,8H2,1-3H3,(H2,17,18,20,22). The molecule has 0 radical (unpaired) electrons. The van der Waals surface area contributed by atoms with Crippen molar-refractivity contribution in [3.63, 3.8) is 0 Å². The molecule has 0 fully saturated rings. The molecule has 0 spiro atoms. The molecule has 7 heteroatoms. The second-order valence-electron chi connectivity index (χ2n) is 5.95. The van der Waals surface area contributed by atoms with Gasteiger partial charge in [-0.1, -0.05) is 12.1 Å². The largest absolute Gasteiger partial charge is 0.333 e. The van der Waals surface area contributed by atoms with Gasteiger partial charge < -0.3 is 5.32 Å². The molecular formula is C15H18N4O3. The average Bonchev–Trinajstić information content (AvgIpc) is 2.40. The van der Waals surface area contributed by atoms with Crippen molar-refractivity contribution in [2.75, 3.05) is 0 Å². The predicted octanol–water partition coefficient (Wildman–Crippen LogP) is 1.02. The number of hydrogen-bond donors (Lipinski definition) is 2. The fourth-order valence-electron chi connectivity index (χ4n) is 1.91. The summed E-state index contributed by atoms with van der Waals surface area (Å²) in [4.78, 5) is 39.8. The van der Waals surface area contributed by atoms with E-state index in [0.29, 0.717) is 10.9 Å². The number of imide groups is 1. The second kappa shape index (κ2) is 5.97. The monoisotopic (exact) mass is 302 g/mol. The third-order valence-corrected chi connectivity index (χ3v) is 2.79. The number of para-hydroxylation sites is 1. The Balaban J connectivity index is 2.11. The molecule has 0 bridgehead atoms. The summed E-state index contributed by atoms with van der Waals surface area (Å²) < 4.78 is 1.17. The van der Waals surface area contributed by atoms with Crippen LogP contribution in [-0.4, -0.2) is 27.0 Å². The minimum absolute atomic E-state index is 0.270. The fourth-order valence-corrected chi connectivity index (χ4v) is 1.91. The van der Waals surface area contributed by atoms with E-state index in [4.69, 9.17) is 0 Å². The SMILES string of the molecule is CC(C)(C)NC(=O)NC(=O)Cn1cnc2ccccc2c1=O. The lowest BCUT2D eigenvalue weighted by Crippen LogP contribution is -2.49. The fraction of sp³-hybridized carbons (Fsp3) is 0.333. The van der Waals surface area contributed by atoms with Gasteiger partial charge in [-0.3, -0.25) is 19.5 Å². The molecule has 2 aromatic rings. The molecule has 0 saturated carbocycles. The Kier molecular flexibility index (Phi) is 4.25. The number of nitrogens with one attached hydrogen (secondary N) is 2. The number of nitrogens with zero attached hydrogens (tertiary/aromatic N) is 2. The van der Waals surface area contributed by atoms with E-state index < -0.39 is 17.5 Å². The third kappa shape index (κ3) is 3.91. The first-order chi connectivity index (χ1) is 10.3. The number of aromatic nitrogens is 2. The van der Waals surface area contributed by atoms with Gasteiger partial charge in [0.1, 0.15) is 6.54 Å². The molecule has 3 amide bonds. The summed E-state index contributed by atoms with van der Waals surface area (Å²) >= 11 is 0. The van der Waals surface area contributed by atoms with Crippen molar-refractivity contribution in [3.05, 3.63) is 40.9 Å². The quantitative estimate of drug-likeness (QED) is 0.866. The maximum Gasteiger partial charge on any atom is 0.321 e. The van der Waals surface area contributed by atoms with Crippen LogP contribution >= 0.6 is 0 Å². The lowest BCUT2D eigenvalue weighted by atomic mass is 10.1. The summed E-state index contributed by atoms with van der Waals surface area (Å²) in [6.45, 7) is 5.13. The first kappa shape index (κ1) is 15.7. The van der Waals surface area contributed by atoms with Gasteiger partial charge in [-0.15, -0.1) is 0 Å². The van der Waals surface area contributed by atoms with Crippen LogP contribution in [0.4, 0.5) is 4.79 Å². The molecule has 0 aliphatic carbocycles. The molecule has 2 rings (SSSR count). The molecule has 1 heterocycles. The Morgan fingerprint density at radius 2 is 1.91 bits per heavy atom. The van der Waals surface area contributed by atoms with Crippen LogP contribution in [0, 0.1) is 0 Å². The van der Waals surface area contributed by atoms with Gasteiger partial charge >= 0.3 is 6.03 Å². The maximum atomic E-state index is 12.2. The summed E-state index contributed by atoms with van der Waals surface area (Å²) in [5.74, 6) is -0.582. The molecule has 0 atom stereocenters. The van der Waals surface area contributed by atoms with Crippen molar-refractivity contribution in [2.24, 2.45) is 0 Å². The Bertz CT molecular complexity index is 774. The van der Waals surface area contributed by atoms with E-state index in [1.165, 1.54) is 10.9 Å². The van der Waals surface area contributed by atoms with Crippen molar-refractivity contribution < 1.29 is 9.59 Å². The van der Waals surface area contributed by atoms with Crippen molar-refractivity contribution in [1.29, 1.82) is 0 Å². The van der Waals surface area contributed by atoms with Gasteiger partial charge in [0.25, 0.3) is 5.56 Å². The molecule has 2 N–H and O–H groups in total. The summed E-state index contributed by atoms with van der Waals surface area (Å²) in [5, 5.41) is 5.22. The van der Waals surface area contributed by atoms with Crippen molar-refractivity contribution >= 4 is 22.8 Å². The maximum absolute atomic E-state index is 12.2. The summed E-state index contributed by atoms with van der Waals surface area (Å²) in [6, 6.07) is 6.28. The summed E-state index contributed by atoms with van der Waals surface area (Å²) in [5.41, 5.74) is -0.210. The normalized spacial score (nSPS) is 11.2. The molecule has 0 saturated heterocycles. The molecule has 1 aromatic heterocycles. The van der Waals surface area contributed by atoms with E-state index in [9.17, 15) is 14.4 Å². The zero-order valence-electron chi connectivity index (χ0n) is 12.7. The van der Waals surface area contributed by atoms with Crippen LogP contribution < -0.4 is 16.2 Å². The number of rotatable bonds is 2. The zero-order chi connectivity index (χ0) is 16.3. The third-order valence-electron chi connectivity index (χ3n) is 2.79. The Labute approximate surface area is 127 Å². The predicted molar refractivity (Wildman–Crippen MR) is 82.4 cm³/mol. The van der Waals surface area contributed by atoms with Crippen LogP contribution in [0.15, 0.2) is 35.4 Å². The summed E-state index contributed by atoms with van der Waals surface area (Å²) in [7, 11) is 0. The lowest BCUT2D eigenvalue weighted by molar-refractivity contribution is -0.120. The molecule has 0 unspecified atom stereocenters. The van der Waals surface area contributed by atoms with Gasteiger partial charge in [0.15, 0.2) is 0 Å². The van der Waals surface area contributed by atoms with E-state index in [1.54, 1.807) is 45.0 Å². The number of fused-ring (bicyclic) bond motifs is 1. The minimum atomic E-state index is -0.598. The van der Waals surface area contributed by atoms with Gasteiger partial charge in [0.2, 0.25) is 5.91 Å². The minimum Gasteiger partial charge on any atom is -0.333 e. The highest BCUT2D eigenvalue weighted by Gasteiger charge is 2.16. The zero-order valence-corrected chi connectivity index (χ0v) is 12.7. The topological polar surface area (TPSA) is 93.1 Å². The van der Waals surface area contributed by atoms with Crippen LogP contribution in [0.1, 0.15) is 20.8 Å². The molecule has 116 valence electrons. The smallest absolute Gasteiger partial charge is 0.321 e. The van der Waals surface area contributed by atoms with E-state index in [0.717, 1.165) is 0 Å².